The van der Waals surface area contributed by atoms with E-state index in [2.05, 4.69) is 20.3 Å². The van der Waals surface area contributed by atoms with Gasteiger partial charge in [0.25, 0.3) is 5.91 Å². The number of nitrogens with one attached hydrogen (secondary N) is 1. The molecule has 0 aliphatic rings. The largest absolute Gasteiger partial charge is 0.437 e. The van der Waals surface area contributed by atoms with Gasteiger partial charge in [-0.05, 0) is 12.1 Å². The van der Waals surface area contributed by atoms with Crippen molar-refractivity contribution in [1.82, 2.24) is 15.0 Å². The topological polar surface area (TPSA) is 77.0 Å². The molecule has 3 rings (SSSR count). The summed E-state index contributed by atoms with van der Waals surface area (Å²) < 4.78 is 43.9. The van der Waals surface area contributed by atoms with Gasteiger partial charge in [-0.15, -0.1) is 11.3 Å². The van der Waals surface area contributed by atoms with Crippen LogP contribution in [0, 0.1) is 0 Å². The normalized spacial score (nSPS) is 11.2. The second-order valence-corrected chi connectivity index (χ2v) is 5.51. The van der Waals surface area contributed by atoms with Gasteiger partial charge >= 0.3 is 6.18 Å². The molecule has 25 heavy (non-hydrogen) atoms. The maximum atomic E-state index is 12.8. The Kier molecular flexibility index (Phi) is 4.61. The lowest BCUT2D eigenvalue weighted by Crippen LogP contribution is -2.17. The van der Waals surface area contributed by atoms with Crippen LogP contribution >= 0.6 is 11.3 Å². The van der Waals surface area contributed by atoms with Gasteiger partial charge in [-0.2, -0.15) is 13.2 Å². The molecule has 0 unspecified atom stereocenters. The van der Waals surface area contributed by atoms with Crippen molar-refractivity contribution in [3.8, 4) is 11.6 Å². The average Bonchev–Trinajstić information content (AvgIpc) is 3.06. The highest BCUT2D eigenvalue weighted by molar-refractivity contribution is 7.12. The lowest BCUT2D eigenvalue weighted by molar-refractivity contribution is -0.141. The highest BCUT2D eigenvalue weighted by Crippen LogP contribution is 2.33. The minimum absolute atomic E-state index is 0.243. The fourth-order valence-corrected chi connectivity index (χ4v) is 2.59. The number of hydrogen-bond donors (Lipinski definition) is 1. The minimum atomic E-state index is -4.69. The summed E-state index contributed by atoms with van der Waals surface area (Å²) in [4.78, 5) is 22.6. The Bertz CT molecular complexity index is 884. The van der Waals surface area contributed by atoms with Gasteiger partial charge in [0, 0.05) is 24.1 Å². The van der Waals surface area contributed by atoms with Crippen molar-refractivity contribution >= 4 is 22.9 Å². The Balaban J connectivity index is 1.76. The molecule has 0 radical (unpaired) electrons. The number of amides is 1. The summed E-state index contributed by atoms with van der Waals surface area (Å²) in [6.45, 7) is 0. The van der Waals surface area contributed by atoms with Crippen molar-refractivity contribution < 1.29 is 22.7 Å². The van der Waals surface area contributed by atoms with Crippen molar-refractivity contribution in [3.05, 3.63) is 58.9 Å². The summed E-state index contributed by atoms with van der Waals surface area (Å²) in [7, 11) is 0. The number of carbonyl (C=O) groups excluding carboxylic acids is 1. The van der Waals surface area contributed by atoms with E-state index in [-0.39, 0.29) is 11.6 Å². The first-order valence-corrected chi connectivity index (χ1v) is 7.67. The molecular weight excluding hydrogens is 357 g/mol. The van der Waals surface area contributed by atoms with Gasteiger partial charge in [-0.3, -0.25) is 9.78 Å². The molecule has 1 N–H and O–H groups in total. The van der Waals surface area contributed by atoms with E-state index in [1.165, 1.54) is 30.7 Å². The van der Waals surface area contributed by atoms with Crippen molar-refractivity contribution in [3.63, 3.8) is 0 Å². The summed E-state index contributed by atoms with van der Waals surface area (Å²) in [5.74, 6) is -0.307. The molecule has 10 heteroatoms. The molecule has 0 spiro atoms. The minimum Gasteiger partial charge on any atom is -0.437 e. The van der Waals surface area contributed by atoms with Crippen LogP contribution in [-0.2, 0) is 6.18 Å². The van der Waals surface area contributed by atoms with Crippen LogP contribution in [0.5, 0.6) is 11.6 Å². The Hall–Kier alpha value is -3.01. The number of benzene rings is 1. The number of aromatic nitrogens is 3. The molecule has 0 aliphatic heterocycles. The van der Waals surface area contributed by atoms with Crippen LogP contribution in [0.15, 0.2) is 48.4 Å². The van der Waals surface area contributed by atoms with Gasteiger partial charge in [0.05, 0.1) is 11.7 Å². The predicted molar refractivity (Wildman–Crippen MR) is 83.6 cm³/mol. The first-order valence-electron chi connectivity index (χ1n) is 6.79. The number of carbonyl (C=O) groups is 1. The highest BCUT2D eigenvalue weighted by Gasteiger charge is 2.38. The summed E-state index contributed by atoms with van der Waals surface area (Å²) in [6.07, 6.45) is -0.359. The fourth-order valence-electron chi connectivity index (χ4n) is 1.89. The van der Waals surface area contributed by atoms with Crippen LogP contribution < -0.4 is 10.1 Å². The van der Waals surface area contributed by atoms with Crippen molar-refractivity contribution in [2.24, 2.45) is 0 Å². The third-order valence-corrected chi connectivity index (χ3v) is 3.72. The van der Waals surface area contributed by atoms with E-state index < -0.39 is 22.7 Å². The van der Waals surface area contributed by atoms with Gasteiger partial charge in [0.2, 0.25) is 5.88 Å². The Morgan fingerprint density at radius 3 is 2.76 bits per heavy atom. The summed E-state index contributed by atoms with van der Waals surface area (Å²) in [5, 5.41) is 2.40. The molecular formula is C15H9F3N4O2S. The van der Waals surface area contributed by atoms with Gasteiger partial charge < -0.3 is 10.1 Å². The lowest BCUT2D eigenvalue weighted by Gasteiger charge is -2.09. The third kappa shape index (κ3) is 4.10. The van der Waals surface area contributed by atoms with Gasteiger partial charge in [0.15, 0.2) is 5.69 Å². The molecule has 2 heterocycles. The molecule has 1 aromatic carbocycles. The number of alkyl halides is 3. The van der Waals surface area contributed by atoms with E-state index in [1.807, 2.05) is 0 Å². The molecule has 0 aliphatic carbocycles. The first-order chi connectivity index (χ1) is 11.9. The van der Waals surface area contributed by atoms with Crippen LogP contribution in [0.25, 0.3) is 0 Å². The van der Waals surface area contributed by atoms with Crippen LogP contribution in [-0.4, -0.2) is 20.9 Å². The standard InChI is InChI=1S/C15H9F3N4O2S/c16-15(17,18)13-12(25-8-21-13)14(23)22-9-2-1-3-10(6-9)24-11-7-19-4-5-20-11/h1-8H,(H,22,23). The van der Waals surface area contributed by atoms with Crippen molar-refractivity contribution in [2.45, 2.75) is 6.18 Å². The zero-order valence-electron chi connectivity index (χ0n) is 12.3. The van der Waals surface area contributed by atoms with E-state index in [1.54, 1.807) is 12.1 Å². The van der Waals surface area contributed by atoms with Crippen molar-refractivity contribution in [1.29, 1.82) is 0 Å². The maximum absolute atomic E-state index is 12.8. The quantitative estimate of drug-likeness (QED) is 0.755. The third-order valence-electron chi connectivity index (χ3n) is 2.90. The average molecular weight is 366 g/mol. The molecule has 2 aromatic heterocycles. The van der Waals surface area contributed by atoms with E-state index in [0.29, 0.717) is 17.1 Å². The number of hydrogen-bond acceptors (Lipinski definition) is 6. The van der Waals surface area contributed by atoms with Crippen LogP contribution in [0.4, 0.5) is 18.9 Å². The summed E-state index contributed by atoms with van der Waals surface area (Å²) in [6, 6.07) is 6.17. The number of ether oxygens (including phenoxy) is 1. The maximum Gasteiger partial charge on any atom is 0.434 e. The van der Waals surface area contributed by atoms with E-state index in [4.69, 9.17) is 4.74 Å². The van der Waals surface area contributed by atoms with Crippen LogP contribution in [0.1, 0.15) is 15.4 Å². The van der Waals surface area contributed by atoms with Crippen LogP contribution in [0.2, 0.25) is 0 Å². The van der Waals surface area contributed by atoms with Crippen molar-refractivity contribution in [2.75, 3.05) is 5.32 Å². The smallest absolute Gasteiger partial charge is 0.434 e. The fraction of sp³-hybridized carbons (Fsp3) is 0.0667. The zero-order valence-corrected chi connectivity index (χ0v) is 13.1. The number of thiazole rings is 1. The Morgan fingerprint density at radius 1 is 1.20 bits per heavy atom. The number of anilines is 1. The summed E-state index contributed by atoms with van der Waals surface area (Å²) >= 11 is 0.618. The SMILES string of the molecule is O=C(Nc1cccc(Oc2cnccn2)c1)c1scnc1C(F)(F)F. The number of halogens is 3. The van der Waals surface area contributed by atoms with Gasteiger partial charge in [0.1, 0.15) is 10.6 Å². The molecule has 0 saturated carbocycles. The predicted octanol–water partition coefficient (Wildman–Crippen LogP) is 4.00. The molecule has 0 atom stereocenters. The molecule has 3 aromatic rings. The van der Waals surface area contributed by atoms with E-state index in [0.717, 1.165) is 5.51 Å². The molecule has 0 saturated heterocycles. The Labute approximate surface area is 143 Å². The first kappa shape index (κ1) is 16.8. The molecule has 0 fully saturated rings. The number of rotatable bonds is 4. The Morgan fingerprint density at radius 2 is 2.04 bits per heavy atom. The second-order valence-electron chi connectivity index (χ2n) is 4.66. The van der Waals surface area contributed by atoms with Crippen LogP contribution in [0.3, 0.4) is 0 Å². The molecule has 0 bridgehead atoms. The number of nitrogens with zero attached hydrogens (tertiary/aromatic N) is 3. The highest BCUT2D eigenvalue weighted by atomic mass is 32.1. The lowest BCUT2D eigenvalue weighted by atomic mass is 10.2. The summed E-state index contributed by atoms with van der Waals surface area (Å²) in [5.41, 5.74) is 0.0422. The zero-order chi connectivity index (χ0) is 17.9. The monoisotopic (exact) mass is 366 g/mol. The van der Waals surface area contributed by atoms with Gasteiger partial charge in [-0.25, -0.2) is 9.97 Å². The molecule has 1 amide bonds. The second kappa shape index (κ2) is 6.85. The van der Waals surface area contributed by atoms with Gasteiger partial charge in [-0.1, -0.05) is 6.07 Å². The molecule has 6 nitrogen and oxygen atoms in total. The van der Waals surface area contributed by atoms with E-state index >= 15 is 0 Å². The van der Waals surface area contributed by atoms with E-state index in [9.17, 15) is 18.0 Å². The molecule has 128 valence electrons.